The lowest BCUT2D eigenvalue weighted by molar-refractivity contribution is -0.138. The normalized spacial score (nSPS) is 9.24. The van der Waals surface area contributed by atoms with Gasteiger partial charge < -0.3 is 10.2 Å². The molecule has 0 aromatic heterocycles. The first-order valence-electron chi connectivity index (χ1n) is 7.98. The van der Waals surface area contributed by atoms with Crippen LogP contribution in [-0.4, -0.2) is 22.2 Å². The molecule has 0 saturated carbocycles. The van der Waals surface area contributed by atoms with Gasteiger partial charge in [-0.05, 0) is 12.8 Å². The number of carboxylic acids is 2. The highest BCUT2D eigenvalue weighted by Gasteiger charge is 1.95. The van der Waals surface area contributed by atoms with Gasteiger partial charge in [0.1, 0.15) is 0 Å². The Kier molecular flexibility index (Phi) is 26.0. The molecule has 0 atom stereocenters. The maximum Gasteiger partial charge on any atom is 0.303 e. The highest BCUT2D eigenvalue weighted by atomic mass is 32.1. The molecule has 0 aliphatic heterocycles. The molecule has 0 aromatic rings. The van der Waals surface area contributed by atoms with Gasteiger partial charge >= 0.3 is 11.9 Å². The number of unbranched alkanes of at least 4 members (excludes halogenated alkanes) is 8. The monoisotopic (exact) mass is 322 g/mol. The number of hydrogen-bond donors (Lipinski definition) is 2. The van der Waals surface area contributed by atoms with Gasteiger partial charge in [0.25, 0.3) is 0 Å². The van der Waals surface area contributed by atoms with E-state index in [1.807, 2.05) is 0 Å². The van der Waals surface area contributed by atoms with Crippen molar-refractivity contribution in [1.82, 2.24) is 0 Å². The molecule has 0 unspecified atom stereocenters. The Morgan fingerprint density at radius 2 is 0.905 bits per heavy atom. The summed E-state index contributed by atoms with van der Waals surface area (Å²) in [6, 6.07) is 0. The minimum absolute atomic E-state index is 0. The molecule has 128 valence electrons. The predicted molar refractivity (Wildman–Crippen MR) is 92.4 cm³/mol. The van der Waals surface area contributed by atoms with Crippen LogP contribution in [0.2, 0.25) is 0 Å². The van der Waals surface area contributed by atoms with Crippen LogP contribution in [0.15, 0.2) is 0 Å². The van der Waals surface area contributed by atoms with E-state index in [0.29, 0.717) is 12.8 Å². The van der Waals surface area contributed by atoms with E-state index in [9.17, 15) is 9.59 Å². The van der Waals surface area contributed by atoms with Crippen molar-refractivity contribution in [3.8, 4) is 0 Å². The number of hydrogen-bond acceptors (Lipinski definition) is 2. The molecule has 21 heavy (non-hydrogen) atoms. The molecule has 2 N–H and O–H groups in total. The SMILES string of the molecule is CCCCCCCC(=O)O.CCCCCCCC(=O)O.S. The van der Waals surface area contributed by atoms with Crippen molar-refractivity contribution in [1.29, 1.82) is 0 Å². The molecule has 0 aliphatic carbocycles. The average molecular weight is 323 g/mol. The van der Waals surface area contributed by atoms with E-state index in [2.05, 4.69) is 13.8 Å². The smallest absolute Gasteiger partial charge is 0.303 e. The zero-order valence-corrected chi connectivity index (χ0v) is 14.7. The van der Waals surface area contributed by atoms with Gasteiger partial charge in [0.05, 0.1) is 0 Å². The molecule has 0 amide bonds. The van der Waals surface area contributed by atoms with Crippen molar-refractivity contribution >= 4 is 25.4 Å². The van der Waals surface area contributed by atoms with E-state index >= 15 is 0 Å². The standard InChI is InChI=1S/2C8H16O2.H2S/c2*1-2-3-4-5-6-7-8(9)10;/h2*2-7H2,1H3,(H,9,10);1H2. The van der Waals surface area contributed by atoms with Crippen molar-refractivity contribution < 1.29 is 19.8 Å². The molecule has 0 aromatic carbocycles. The van der Waals surface area contributed by atoms with Gasteiger partial charge in [-0.2, -0.15) is 13.5 Å². The van der Waals surface area contributed by atoms with Crippen molar-refractivity contribution in [3.63, 3.8) is 0 Å². The van der Waals surface area contributed by atoms with E-state index in [1.54, 1.807) is 0 Å². The first-order valence-corrected chi connectivity index (χ1v) is 7.98. The largest absolute Gasteiger partial charge is 0.481 e. The summed E-state index contributed by atoms with van der Waals surface area (Å²) in [7, 11) is 0. The van der Waals surface area contributed by atoms with E-state index in [1.165, 1.54) is 38.5 Å². The molecule has 4 nitrogen and oxygen atoms in total. The number of rotatable bonds is 12. The second kappa shape index (κ2) is 21.6. The van der Waals surface area contributed by atoms with Crippen LogP contribution in [0, 0.1) is 0 Å². The summed E-state index contributed by atoms with van der Waals surface area (Å²) in [5.74, 6) is -1.34. The van der Waals surface area contributed by atoms with Crippen molar-refractivity contribution in [2.45, 2.75) is 90.9 Å². The molecular weight excluding hydrogens is 288 g/mol. The van der Waals surface area contributed by atoms with Crippen molar-refractivity contribution in [2.24, 2.45) is 0 Å². The fraction of sp³-hybridized carbons (Fsp3) is 0.875. The van der Waals surface area contributed by atoms with Crippen LogP contribution < -0.4 is 0 Å². The summed E-state index contributed by atoms with van der Waals surface area (Å²) in [6.45, 7) is 4.30. The highest BCUT2D eigenvalue weighted by Crippen LogP contribution is 2.04. The fourth-order valence-electron chi connectivity index (χ4n) is 1.76. The molecule has 0 radical (unpaired) electrons. The van der Waals surface area contributed by atoms with Crippen LogP contribution in [0.4, 0.5) is 0 Å². The Hall–Kier alpha value is -0.710. The fourth-order valence-corrected chi connectivity index (χ4v) is 1.76. The van der Waals surface area contributed by atoms with Crippen LogP contribution in [0.3, 0.4) is 0 Å². The third kappa shape index (κ3) is 32.6. The van der Waals surface area contributed by atoms with Crippen LogP contribution in [0.1, 0.15) is 90.9 Å². The maximum atomic E-state index is 10.0. The highest BCUT2D eigenvalue weighted by molar-refractivity contribution is 7.59. The van der Waals surface area contributed by atoms with E-state index in [-0.39, 0.29) is 13.5 Å². The Bertz CT molecular complexity index is 208. The Balaban J connectivity index is -0.000000295. The third-order valence-electron chi connectivity index (χ3n) is 2.99. The molecule has 0 rings (SSSR count). The zero-order valence-electron chi connectivity index (χ0n) is 13.7. The summed E-state index contributed by atoms with van der Waals surface area (Å²) in [5, 5.41) is 16.5. The first kappa shape index (κ1) is 25.3. The summed E-state index contributed by atoms with van der Waals surface area (Å²) in [5.41, 5.74) is 0. The van der Waals surface area contributed by atoms with Gasteiger partial charge in [-0.1, -0.05) is 65.2 Å². The Morgan fingerprint density at radius 1 is 0.619 bits per heavy atom. The quantitative estimate of drug-likeness (QED) is 0.497. The topological polar surface area (TPSA) is 74.6 Å². The van der Waals surface area contributed by atoms with Crippen LogP contribution >= 0.6 is 13.5 Å². The lowest BCUT2D eigenvalue weighted by Crippen LogP contribution is -1.93. The van der Waals surface area contributed by atoms with E-state index in [0.717, 1.165) is 25.7 Å². The molecule has 0 aliphatic rings. The first-order chi connectivity index (χ1) is 9.54. The second-order valence-corrected chi connectivity index (χ2v) is 5.12. The van der Waals surface area contributed by atoms with Gasteiger partial charge in [-0.3, -0.25) is 9.59 Å². The van der Waals surface area contributed by atoms with Gasteiger partial charge in [-0.15, -0.1) is 0 Å². The maximum absolute atomic E-state index is 10.0. The molecule has 0 fully saturated rings. The van der Waals surface area contributed by atoms with Gasteiger partial charge in [0.15, 0.2) is 0 Å². The minimum Gasteiger partial charge on any atom is -0.481 e. The van der Waals surface area contributed by atoms with Crippen LogP contribution in [-0.2, 0) is 9.59 Å². The van der Waals surface area contributed by atoms with Crippen molar-refractivity contribution in [2.75, 3.05) is 0 Å². The lowest BCUT2D eigenvalue weighted by Gasteiger charge is -1.95. The lowest BCUT2D eigenvalue weighted by atomic mass is 10.1. The molecule has 0 heterocycles. The summed E-state index contributed by atoms with van der Waals surface area (Å²) < 4.78 is 0. The Morgan fingerprint density at radius 3 is 1.14 bits per heavy atom. The number of carbonyl (C=O) groups is 2. The molecule has 5 heteroatoms. The van der Waals surface area contributed by atoms with Gasteiger partial charge in [0, 0.05) is 12.8 Å². The molecule has 0 bridgehead atoms. The van der Waals surface area contributed by atoms with Crippen molar-refractivity contribution in [3.05, 3.63) is 0 Å². The number of aliphatic carboxylic acids is 2. The molecule has 0 spiro atoms. The molecule has 0 saturated heterocycles. The van der Waals surface area contributed by atoms with E-state index in [4.69, 9.17) is 10.2 Å². The van der Waals surface area contributed by atoms with Crippen LogP contribution in [0.25, 0.3) is 0 Å². The third-order valence-corrected chi connectivity index (χ3v) is 2.99. The number of carboxylic acid groups (broad SMARTS) is 2. The van der Waals surface area contributed by atoms with Gasteiger partial charge in [0.2, 0.25) is 0 Å². The average Bonchev–Trinajstić information content (AvgIpc) is 2.38. The van der Waals surface area contributed by atoms with Gasteiger partial charge in [-0.25, -0.2) is 0 Å². The summed E-state index contributed by atoms with van der Waals surface area (Å²) in [6.07, 6.45) is 11.8. The Labute approximate surface area is 136 Å². The predicted octanol–water partition coefficient (Wildman–Crippen LogP) is 4.98. The minimum atomic E-state index is -0.670. The second-order valence-electron chi connectivity index (χ2n) is 5.12. The molecular formula is C16H34O4S. The van der Waals surface area contributed by atoms with E-state index < -0.39 is 11.9 Å². The summed E-state index contributed by atoms with van der Waals surface area (Å²) in [4.78, 5) is 20.1. The zero-order chi connectivity index (χ0) is 15.6. The summed E-state index contributed by atoms with van der Waals surface area (Å²) >= 11 is 0. The van der Waals surface area contributed by atoms with Crippen LogP contribution in [0.5, 0.6) is 0 Å².